The molecule has 0 aliphatic carbocycles. The summed E-state index contributed by atoms with van der Waals surface area (Å²) in [6.07, 6.45) is 0.512. The normalized spacial score (nSPS) is 14.6. The molecule has 0 aromatic carbocycles. The van der Waals surface area contributed by atoms with E-state index in [0.717, 1.165) is 10.00 Å². The molecule has 9 nitrogen and oxygen atoms in total. The van der Waals surface area contributed by atoms with Crippen molar-refractivity contribution in [3.05, 3.63) is 45.3 Å². The lowest BCUT2D eigenvalue weighted by Crippen LogP contribution is -2.38. The molecule has 0 unspecified atom stereocenters. The fraction of sp³-hybridized carbons (Fsp3) is 0.438. The van der Waals surface area contributed by atoms with Crippen LogP contribution in [0.5, 0.6) is 0 Å². The molecule has 1 aliphatic heterocycles. The molecule has 26 heavy (non-hydrogen) atoms. The topological polar surface area (TPSA) is 106 Å². The quantitative estimate of drug-likeness (QED) is 0.749. The molecular formula is C16H20N4O5S. The molecule has 0 atom stereocenters. The monoisotopic (exact) mass is 380 g/mol. The Morgan fingerprint density at radius 3 is 2.65 bits per heavy atom. The van der Waals surface area contributed by atoms with Gasteiger partial charge in [0.1, 0.15) is 10.7 Å². The highest BCUT2D eigenvalue weighted by Crippen LogP contribution is 2.25. The summed E-state index contributed by atoms with van der Waals surface area (Å²) in [6, 6.07) is 2.72. The predicted molar refractivity (Wildman–Crippen MR) is 92.2 cm³/mol. The third-order valence-electron chi connectivity index (χ3n) is 4.37. The SMILES string of the molecule is Cc1oc(C(=O)N2CCc3nn(C)c(=O)cc3C2)cc1S(=O)(=O)N(C)C. The zero-order valence-electron chi connectivity index (χ0n) is 15.0. The van der Waals surface area contributed by atoms with Crippen LogP contribution in [0.25, 0.3) is 0 Å². The van der Waals surface area contributed by atoms with E-state index in [4.69, 9.17) is 4.42 Å². The number of furan rings is 1. The smallest absolute Gasteiger partial charge is 0.289 e. The van der Waals surface area contributed by atoms with E-state index in [9.17, 15) is 18.0 Å². The molecule has 0 radical (unpaired) electrons. The Labute approximate surface area is 150 Å². The first-order chi connectivity index (χ1) is 12.1. The molecule has 2 aromatic heterocycles. The van der Waals surface area contributed by atoms with Gasteiger partial charge in [0.25, 0.3) is 11.5 Å². The van der Waals surface area contributed by atoms with Crippen molar-refractivity contribution in [2.75, 3.05) is 20.6 Å². The van der Waals surface area contributed by atoms with Crippen LogP contribution in [0.3, 0.4) is 0 Å². The number of nitrogens with zero attached hydrogens (tertiary/aromatic N) is 4. The lowest BCUT2D eigenvalue weighted by atomic mass is 10.1. The number of hydrogen-bond acceptors (Lipinski definition) is 6. The van der Waals surface area contributed by atoms with Gasteiger partial charge in [-0.25, -0.2) is 17.4 Å². The average Bonchev–Trinajstić information content (AvgIpc) is 2.97. The number of carbonyl (C=O) groups is 1. The maximum Gasteiger partial charge on any atom is 0.289 e. The van der Waals surface area contributed by atoms with Gasteiger partial charge in [-0.1, -0.05) is 0 Å². The second kappa shape index (κ2) is 6.36. The largest absolute Gasteiger partial charge is 0.455 e. The van der Waals surface area contributed by atoms with Crippen molar-refractivity contribution in [3.8, 4) is 0 Å². The van der Waals surface area contributed by atoms with Gasteiger partial charge in [-0.05, 0) is 6.92 Å². The molecule has 0 bridgehead atoms. The Morgan fingerprint density at radius 2 is 2.00 bits per heavy atom. The predicted octanol–water partition coefficient (Wildman–Crippen LogP) is 0.131. The van der Waals surface area contributed by atoms with Crippen LogP contribution in [0, 0.1) is 6.92 Å². The minimum atomic E-state index is -3.70. The van der Waals surface area contributed by atoms with E-state index in [1.54, 1.807) is 7.05 Å². The third-order valence-corrected chi connectivity index (χ3v) is 6.29. The molecule has 3 rings (SSSR count). The van der Waals surface area contributed by atoms with Gasteiger partial charge in [0.05, 0.1) is 5.69 Å². The highest BCUT2D eigenvalue weighted by atomic mass is 32.2. The number of carbonyl (C=O) groups excluding carboxylic acids is 1. The van der Waals surface area contributed by atoms with Crippen LogP contribution in [0.15, 0.2) is 26.2 Å². The van der Waals surface area contributed by atoms with Crippen molar-refractivity contribution >= 4 is 15.9 Å². The molecule has 0 saturated heterocycles. The summed E-state index contributed by atoms with van der Waals surface area (Å²) in [7, 11) is 0.717. The average molecular weight is 380 g/mol. The Morgan fingerprint density at radius 1 is 1.31 bits per heavy atom. The summed E-state index contributed by atoms with van der Waals surface area (Å²) in [6.45, 7) is 2.14. The first-order valence-electron chi connectivity index (χ1n) is 7.99. The van der Waals surface area contributed by atoms with Gasteiger partial charge >= 0.3 is 0 Å². The number of aryl methyl sites for hydroxylation is 2. The van der Waals surface area contributed by atoms with Crippen LogP contribution in [-0.2, 0) is 30.0 Å². The van der Waals surface area contributed by atoms with Crippen LogP contribution in [0.2, 0.25) is 0 Å². The van der Waals surface area contributed by atoms with Crippen molar-refractivity contribution in [1.82, 2.24) is 19.0 Å². The molecule has 1 amide bonds. The Bertz CT molecular complexity index is 1040. The van der Waals surface area contributed by atoms with Gasteiger partial charge in [0.15, 0.2) is 5.76 Å². The van der Waals surface area contributed by atoms with Gasteiger partial charge in [-0.2, -0.15) is 5.10 Å². The Balaban J connectivity index is 1.89. The van der Waals surface area contributed by atoms with Crippen molar-refractivity contribution in [2.24, 2.45) is 7.05 Å². The fourth-order valence-corrected chi connectivity index (χ4v) is 3.90. The van der Waals surface area contributed by atoms with Gasteiger partial charge in [-0.15, -0.1) is 0 Å². The summed E-state index contributed by atoms with van der Waals surface area (Å²) < 4.78 is 32.3. The summed E-state index contributed by atoms with van der Waals surface area (Å²) in [5, 5.41) is 4.21. The van der Waals surface area contributed by atoms with Crippen molar-refractivity contribution in [2.45, 2.75) is 24.8 Å². The van der Waals surface area contributed by atoms with Gasteiger partial charge in [0, 0.05) is 58.3 Å². The number of aromatic nitrogens is 2. The van der Waals surface area contributed by atoms with Crippen LogP contribution in [0.4, 0.5) is 0 Å². The molecule has 140 valence electrons. The lowest BCUT2D eigenvalue weighted by molar-refractivity contribution is 0.0699. The lowest BCUT2D eigenvalue weighted by Gasteiger charge is -2.27. The van der Waals surface area contributed by atoms with E-state index in [-0.39, 0.29) is 28.5 Å². The van der Waals surface area contributed by atoms with Gasteiger partial charge < -0.3 is 9.32 Å². The highest BCUT2D eigenvalue weighted by Gasteiger charge is 2.29. The molecule has 3 heterocycles. The molecular weight excluding hydrogens is 360 g/mol. The van der Waals surface area contributed by atoms with E-state index < -0.39 is 15.9 Å². The molecule has 1 aliphatic rings. The minimum absolute atomic E-state index is 0.0289. The summed E-state index contributed by atoms with van der Waals surface area (Å²) in [5.41, 5.74) is 1.23. The second-order valence-corrected chi connectivity index (χ2v) is 8.49. The van der Waals surface area contributed by atoms with Gasteiger partial charge in [-0.3, -0.25) is 9.59 Å². The second-order valence-electron chi connectivity index (χ2n) is 6.37. The Kier molecular flexibility index (Phi) is 4.49. The number of amides is 1. The van der Waals surface area contributed by atoms with Crippen molar-refractivity contribution in [1.29, 1.82) is 0 Å². The highest BCUT2D eigenvalue weighted by molar-refractivity contribution is 7.89. The van der Waals surface area contributed by atoms with Crippen LogP contribution in [0.1, 0.15) is 27.6 Å². The molecule has 10 heteroatoms. The standard InChI is InChI=1S/C16H20N4O5S/c1-10-14(26(23,24)18(2)3)8-13(25-10)16(22)20-6-5-12-11(9-20)7-15(21)19(4)17-12/h7-8H,5-6,9H2,1-4H3. The summed E-state index contributed by atoms with van der Waals surface area (Å²) in [4.78, 5) is 26.0. The maximum atomic E-state index is 12.7. The van der Waals surface area contributed by atoms with Crippen molar-refractivity contribution in [3.63, 3.8) is 0 Å². The van der Waals surface area contributed by atoms with Crippen LogP contribution < -0.4 is 5.56 Å². The van der Waals surface area contributed by atoms with E-state index in [1.807, 2.05) is 0 Å². The van der Waals surface area contributed by atoms with E-state index in [0.29, 0.717) is 18.5 Å². The van der Waals surface area contributed by atoms with Gasteiger partial charge in [0.2, 0.25) is 10.0 Å². The molecule has 0 saturated carbocycles. The number of hydrogen-bond donors (Lipinski definition) is 0. The maximum absolute atomic E-state index is 12.7. The first kappa shape index (κ1) is 18.3. The summed E-state index contributed by atoms with van der Waals surface area (Å²) in [5.74, 6) is -0.294. The van der Waals surface area contributed by atoms with E-state index >= 15 is 0 Å². The zero-order chi connectivity index (χ0) is 19.2. The first-order valence-corrected chi connectivity index (χ1v) is 9.43. The fourth-order valence-electron chi connectivity index (χ4n) is 2.85. The molecule has 0 fully saturated rings. The van der Waals surface area contributed by atoms with E-state index in [1.165, 1.54) is 42.7 Å². The number of rotatable bonds is 3. The third kappa shape index (κ3) is 3.06. The molecule has 2 aromatic rings. The Hall–Kier alpha value is -2.46. The number of sulfonamides is 1. The van der Waals surface area contributed by atoms with Crippen LogP contribution >= 0.6 is 0 Å². The number of fused-ring (bicyclic) bond motifs is 1. The van der Waals surface area contributed by atoms with Crippen LogP contribution in [-0.4, -0.2) is 54.0 Å². The zero-order valence-corrected chi connectivity index (χ0v) is 15.8. The van der Waals surface area contributed by atoms with Crippen molar-refractivity contribution < 1.29 is 17.6 Å². The summed E-state index contributed by atoms with van der Waals surface area (Å²) >= 11 is 0. The molecule has 0 spiro atoms. The minimum Gasteiger partial charge on any atom is -0.455 e. The molecule has 0 N–H and O–H groups in total. The van der Waals surface area contributed by atoms with E-state index in [2.05, 4.69) is 5.10 Å².